The highest BCUT2D eigenvalue weighted by molar-refractivity contribution is 8.02. The second-order valence-corrected chi connectivity index (χ2v) is 9.91. The number of carbonyl (C=O) groups excluding carboxylic acids is 1. The molecule has 0 aliphatic heterocycles. The van der Waals surface area contributed by atoms with Crippen molar-refractivity contribution in [2.45, 2.75) is 29.9 Å². The molecule has 2 aromatic heterocycles. The first-order valence-electron chi connectivity index (χ1n) is 9.55. The fourth-order valence-corrected chi connectivity index (χ4v) is 6.07. The number of nitrogens with zero attached hydrogens (tertiary/aromatic N) is 2. The van der Waals surface area contributed by atoms with Gasteiger partial charge in [-0.25, -0.2) is 9.97 Å². The summed E-state index contributed by atoms with van der Waals surface area (Å²) >= 11 is 4.50. The summed E-state index contributed by atoms with van der Waals surface area (Å²) in [5, 5.41) is 3.30. The molecule has 6 nitrogen and oxygen atoms in total. The predicted octanol–water partition coefficient (Wildman–Crippen LogP) is 5.82. The van der Waals surface area contributed by atoms with E-state index in [2.05, 4.69) is 15.3 Å². The van der Waals surface area contributed by atoms with Crippen molar-refractivity contribution in [3.8, 4) is 11.5 Å². The molecule has 1 N–H and O–H groups in total. The van der Waals surface area contributed by atoms with Gasteiger partial charge in [0.2, 0.25) is 5.91 Å². The molecule has 2 aromatic carbocycles. The van der Waals surface area contributed by atoms with E-state index in [0.29, 0.717) is 18.2 Å². The van der Waals surface area contributed by atoms with Crippen LogP contribution >= 0.6 is 34.4 Å². The summed E-state index contributed by atoms with van der Waals surface area (Å²) in [4.78, 5) is 22.0. The number of nitrogens with one attached hydrogen (secondary N) is 1. The number of methoxy groups -OCH3 is 1. The van der Waals surface area contributed by atoms with Crippen LogP contribution in [-0.4, -0.2) is 34.8 Å². The quantitative estimate of drug-likeness (QED) is 0.335. The molecule has 0 fully saturated rings. The fraction of sp³-hybridized carbons (Fsp3) is 0.286. The van der Waals surface area contributed by atoms with Crippen molar-refractivity contribution in [1.29, 1.82) is 0 Å². The number of hydrogen-bond donors (Lipinski definition) is 1. The molecule has 156 valence electrons. The largest absolute Gasteiger partial charge is 0.497 e. The van der Waals surface area contributed by atoms with E-state index in [1.165, 1.54) is 23.1 Å². The molecule has 4 aromatic rings. The van der Waals surface area contributed by atoms with Crippen molar-refractivity contribution in [2.24, 2.45) is 0 Å². The first-order valence-corrected chi connectivity index (χ1v) is 12.1. The standard InChI is InChI=1S/C21H21N3O3S3/c1-4-16(29-21-23-15-9-7-13(27-5-2)11-18(15)30-21)19(25)24-20-22-14-8-6-12(26-3)10-17(14)28-20/h6-11,16H,4-5H2,1-3H3,(H,22,24,25). The number of amides is 1. The number of benzene rings is 2. The Labute approximate surface area is 186 Å². The molecule has 2 heterocycles. The molecule has 0 saturated heterocycles. The van der Waals surface area contributed by atoms with Crippen molar-refractivity contribution in [2.75, 3.05) is 19.0 Å². The smallest absolute Gasteiger partial charge is 0.239 e. The fourth-order valence-electron chi connectivity index (χ4n) is 2.91. The molecular formula is C21H21N3O3S3. The number of ether oxygens (including phenoxy) is 2. The van der Waals surface area contributed by atoms with E-state index in [9.17, 15) is 4.79 Å². The average Bonchev–Trinajstić information content (AvgIpc) is 3.33. The van der Waals surface area contributed by atoms with Gasteiger partial charge in [0.05, 0.1) is 39.4 Å². The number of thiazole rings is 2. The van der Waals surface area contributed by atoms with Gasteiger partial charge >= 0.3 is 0 Å². The Balaban J connectivity index is 1.48. The highest BCUT2D eigenvalue weighted by atomic mass is 32.2. The summed E-state index contributed by atoms with van der Waals surface area (Å²) in [6.45, 7) is 4.59. The molecule has 0 saturated carbocycles. The lowest BCUT2D eigenvalue weighted by Gasteiger charge is -2.11. The Hall–Kier alpha value is -2.36. The topological polar surface area (TPSA) is 73.3 Å². The number of hydrogen-bond acceptors (Lipinski definition) is 8. The maximum Gasteiger partial charge on any atom is 0.239 e. The maximum absolute atomic E-state index is 12.9. The minimum Gasteiger partial charge on any atom is -0.497 e. The lowest BCUT2D eigenvalue weighted by Crippen LogP contribution is -2.24. The number of aromatic nitrogens is 2. The van der Waals surface area contributed by atoms with Crippen molar-refractivity contribution >= 4 is 65.9 Å². The van der Waals surface area contributed by atoms with E-state index < -0.39 is 0 Å². The summed E-state index contributed by atoms with van der Waals surface area (Å²) in [7, 11) is 1.63. The van der Waals surface area contributed by atoms with Crippen LogP contribution in [0, 0.1) is 0 Å². The van der Waals surface area contributed by atoms with Crippen LogP contribution in [0.3, 0.4) is 0 Å². The summed E-state index contributed by atoms with van der Waals surface area (Å²) < 4.78 is 13.7. The highest BCUT2D eigenvalue weighted by Crippen LogP contribution is 2.36. The first-order chi connectivity index (χ1) is 14.6. The average molecular weight is 460 g/mol. The van der Waals surface area contributed by atoms with Gasteiger partial charge in [-0.1, -0.05) is 30.0 Å². The van der Waals surface area contributed by atoms with Gasteiger partial charge in [-0.2, -0.15) is 0 Å². The van der Waals surface area contributed by atoms with Crippen LogP contribution in [0.1, 0.15) is 20.3 Å². The zero-order valence-electron chi connectivity index (χ0n) is 16.8. The van der Waals surface area contributed by atoms with Crippen molar-refractivity contribution < 1.29 is 14.3 Å². The molecule has 9 heteroatoms. The molecule has 0 aliphatic rings. The maximum atomic E-state index is 12.9. The monoisotopic (exact) mass is 459 g/mol. The molecule has 4 rings (SSSR count). The molecule has 1 unspecified atom stereocenters. The molecule has 0 radical (unpaired) electrons. The van der Waals surface area contributed by atoms with Crippen LogP contribution < -0.4 is 14.8 Å². The van der Waals surface area contributed by atoms with E-state index in [0.717, 1.165) is 36.3 Å². The minimum atomic E-state index is -0.251. The van der Waals surface area contributed by atoms with E-state index in [1.54, 1.807) is 18.4 Å². The third-order valence-corrected chi connectivity index (χ3v) is 7.79. The molecule has 1 amide bonds. The van der Waals surface area contributed by atoms with Crippen LogP contribution in [0.4, 0.5) is 5.13 Å². The van der Waals surface area contributed by atoms with Crippen LogP contribution in [0.25, 0.3) is 20.4 Å². The molecule has 0 bridgehead atoms. The zero-order chi connectivity index (χ0) is 21.1. The highest BCUT2D eigenvalue weighted by Gasteiger charge is 2.21. The number of rotatable bonds is 8. The van der Waals surface area contributed by atoms with Gasteiger partial charge in [0.15, 0.2) is 9.47 Å². The van der Waals surface area contributed by atoms with Gasteiger partial charge in [0, 0.05) is 0 Å². The van der Waals surface area contributed by atoms with Gasteiger partial charge in [-0.15, -0.1) is 11.3 Å². The minimum absolute atomic E-state index is 0.0669. The normalized spacial score (nSPS) is 12.2. The Bertz CT molecular complexity index is 1190. The van der Waals surface area contributed by atoms with Gasteiger partial charge in [0.25, 0.3) is 0 Å². The summed E-state index contributed by atoms with van der Waals surface area (Å²) in [5.74, 6) is 1.54. The van der Waals surface area contributed by atoms with Crippen molar-refractivity contribution in [3.05, 3.63) is 36.4 Å². The summed E-state index contributed by atoms with van der Waals surface area (Å²) in [6.07, 6.45) is 0.690. The van der Waals surface area contributed by atoms with Crippen molar-refractivity contribution in [3.63, 3.8) is 0 Å². The SMILES string of the molecule is CCOc1ccc2nc(SC(CC)C(=O)Nc3nc4ccc(OC)cc4s3)sc2c1. The molecule has 0 spiro atoms. The van der Waals surface area contributed by atoms with Crippen LogP contribution in [0.15, 0.2) is 40.7 Å². The Kier molecular flexibility index (Phi) is 6.40. The van der Waals surface area contributed by atoms with Crippen molar-refractivity contribution in [1.82, 2.24) is 9.97 Å². The molecule has 0 aliphatic carbocycles. The van der Waals surface area contributed by atoms with E-state index in [4.69, 9.17) is 9.47 Å². The molecular weight excluding hydrogens is 438 g/mol. The summed E-state index contributed by atoms with van der Waals surface area (Å²) in [5.41, 5.74) is 1.76. The third kappa shape index (κ3) is 4.53. The van der Waals surface area contributed by atoms with E-state index >= 15 is 0 Å². The lowest BCUT2D eigenvalue weighted by atomic mass is 10.3. The predicted molar refractivity (Wildman–Crippen MR) is 126 cm³/mol. The van der Waals surface area contributed by atoms with Gasteiger partial charge in [-0.05, 0) is 49.7 Å². The third-order valence-electron chi connectivity index (χ3n) is 4.38. The number of fused-ring (bicyclic) bond motifs is 2. The molecule has 30 heavy (non-hydrogen) atoms. The van der Waals surface area contributed by atoms with Crippen LogP contribution in [-0.2, 0) is 4.79 Å². The number of thioether (sulfide) groups is 1. The number of anilines is 1. The lowest BCUT2D eigenvalue weighted by molar-refractivity contribution is -0.115. The van der Waals surface area contributed by atoms with Gasteiger partial charge in [0.1, 0.15) is 11.5 Å². The first kappa shape index (κ1) is 20.9. The Morgan fingerprint density at radius 2 is 1.77 bits per heavy atom. The van der Waals surface area contributed by atoms with Crippen LogP contribution in [0.2, 0.25) is 0 Å². The van der Waals surface area contributed by atoms with Gasteiger partial charge < -0.3 is 14.8 Å². The Morgan fingerprint density at radius 3 is 2.50 bits per heavy atom. The van der Waals surface area contributed by atoms with E-state index in [-0.39, 0.29) is 11.2 Å². The number of carbonyl (C=O) groups is 1. The zero-order valence-corrected chi connectivity index (χ0v) is 19.2. The van der Waals surface area contributed by atoms with Crippen LogP contribution in [0.5, 0.6) is 11.5 Å². The Morgan fingerprint density at radius 1 is 1.07 bits per heavy atom. The second-order valence-electron chi connectivity index (χ2n) is 6.40. The van der Waals surface area contributed by atoms with E-state index in [1.807, 2.05) is 50.2 Å². The second kappa shape index (κ2) is 9.20. The summed E-state index contributed by atoms with van der Waals surface area (Å²) in [6, 6.07) is 11.6. The van der Waals surface area contributed by atoms with Gasteiger partial charge in [-0.3, -0.25) is 4.79 Å². The molecule has 1 atom stereocenters.